The fourth-order valence-corrected chi connectivity index (χ4v) is 3.69. The molecule has 0 aliphatic carbocycles. The Kier molecular flexibility index (Phi) is 5.34. The zero-order chi connectivity index (χ0) is 20.2. The van der Waals surface area contributed by atoms with Gasteiger partial charge in [0.1, 0.15) is 23.1 Å². The van der Waals surface area contributed by atoms with Gasteiger partial charge in [-0.25, -0.2) is 9.37 Å². The van der Waals surface area contributed by atoms with E-state index in [1.165, 1.54) is 12.3 Å². The zero-order valence-electron chi connectivity index (χ0n) is 15.8. The van der Waals surface area contributed by atoms with Crippen LogP contribution in [0.2, 0.25) is 0 Å². The van der Waals surface area contributed by atoms with Crippen molar-refractivity contribution in [2.45, 2.75) is 12.8 Å². The fourth-order valence-electron chi connectivity index (χ4n) is 3.69. The van der Waals surface area contributed by atoms with Gasteiger partial charge in [0, 0.05) is 31.2 Å². The summed E-state index contributed by atoms with van der Waals surface area (Å²) >= 11 is 0. The molecule has 0 saturated carbocycles. The second-order valence-electron chi connectivity index (χ2n) is 7.21. The van der Waals surface area contributed by atoms with E-state index in [1.807, 2.05) is 12.1 Å². The van der Waals surface area contributed by atoms with Gasteiger partial charge in [-0.15, -0.1) is 0 Å². The monoisotopic (exact) mass is 389 g/mol. The number of halogens is 1. The van der Waals surface area contributed by atoms with Gasteiger partial charge < -0.3 is 10.2 Å². The van der Waals surface area contributed by atoms with Crippen LogP contribution < -0.4 is 10.2 Å². The van der Waals surface area contributed by atoms with Crippen LogP contribution in [0, 0.1) is 23.1 Å². The number of benzene rings is 1. The molecule has 1 aromatic carbocycles. The van der Waals surface area contributed by atoms with Gasteiger partial charge in [0.2, 0.25) is 0 Å². The topological polar surface area (TPSA) is 81.9 Å². The molecule has 4 rings (SSSR count). The number of hydrogen-bond donors (Lipinski definition) is 1. The molecule has 146 valence electrons. The largest absolute Gasteiger partial charge is 0.370 e. The second kappa shape index (κ2) is 8.23. The van der Waals surface area contributed by atoms with E-state index in [4.69, 9.17) is 5.26 Å². The van der Waals surface area contributed by atoms with Crippen molar-refractivity contribution in [3.63, 3.8) is 0 Å². The van der Waals surface area contributed by atoms with Crippen molar-refractivity contribution in [1.82, 2.24) is 15.3 Å². The maximum Gasteiger partial charge on any atom is 0.252 e. The SMILES string of the molecule is N#Cc1ccc(N2CCCC(CNC(=O)c3cnc4c(F)cccc4c3)C2)cn1. The number of nitrogens with one attached hydrogen (secondary N) is 1. The first-order valence-corrected chi connectivity index (χ1v) is 9.57. The van der Waals surface area contributed by atoms with E-state index in [9.17, 15) is 9.18 Å². The highest BCUT2D eigenvalue weighted by Crippen LogP contribution is 2.22. The first-order chi connectivity index (χ1) is 14.1. The summed E-state index contributed by atoms with van der Waals surface area (Å²) in [6.45, 7) is 2.30. The molecule has 1 aliphatic heterocycles. The highest BCUT2D eigenvalue weighted by Gasteiger charge is 2.21. The molecule has 3 aromatic rings. The second-order valence-corrected chi connectivity index (χ2v) is 7.21. The van der Waals surface area contributed by atoms with Crippen LogP contribution in [0.4, 0.5) is 10.1 Å². The number of carbonyl (C=O) groups excluding carboxylic acids is 1. The summed E-state index contributed by atoms with van der Waals surface area (Å²) in [7, 11) is 0. The molecular formula is C22H20FN5O. The Morgan fingerprint density at radius 1 is 1.28 bits per heavy atom. The van der Waals surface area contributed by atoms with Crippen LogP contribution >= 0.6 is 0 Å². The molecule has 1 fully saturated rings. The lowest BCUT2D eigenvalue weighted by molar-refractivity contribution is 0.0945. The molecule has 3 heterocycles. The maximum atomic E-state index is 13.7. The summed E-state index contributed by atoms with van der Waals surface area (Å²) in [5.74, 6) is -0.288. The van der Waals surface area contributed by atoms with Gasteiger partial charge in [0.15, 0.2) is 0 Å². The summed E-state index contributed by atoms with van der Waals surface area (Å²) in [5, 5.41) is 12.5. The van der Waals surface area contributed by atoms with Crippen molar-refractivity contribution in [2.24, 2.45) is 5.92 Å². The van der Waals surface area contributed by atoms with Gasteiger partial charge in [-0.1, -0.05) is 12.1 Å². The van der Waals surface area contributed by atoms with E-state index >= 15 is 0 Å². The maximum absolute atomic E-state index is 13.7. The molecule has 1 atom stereocenters. The van der Waals surface area contributed by atoms with Gasteiger partial charge in [-0.05, 0) is 43.0 Å². The Morgan fingerprint density at radius 3 is 2.97 bits per heavy atom. The normalized spacial score (nSPS) is 16.4. The Bertz CT molecular complexity index is 1080. The van der Waals surface area contributed by atoms with Crippen LogP contribution in [0.15, 0.2) is 48.8 Å². The number of amides is 1. The predicted molar refractivity (Wildman–Crippen MR) is 108 cm³/mol. The molecule has 2 aromatic heterocycles. The molecule has 7 heteroatoms. The molecule has 1 N–H and O–H groups in total. The van der Waals surface area contributed by atoms with Crippen LogP contribution in [0.5, 0.6) is 0 Å². The molecule has 29 heavy (non-hydrogen) atoms. The molecular weight excluding hydrogens is 369 g/mol. The fraction of sp³-hybridized carbons (Fsp3) is 0.273. The summed E-state index contributed by atoms with van der Waals surface area (Å²) in [4.78, 5) is 23.0. The molecule has 0 radical (unpaired) electrons. The Morgan fingerprint density at radius 2 is 2.17 bits per heavy atom. The van der Waals surface area contributed by atoms with Crippen molar-refractivity contribution in [2.75, 3.05) is 24.5 Å². The van der Waals surface area contributed by atoms with Crippen LogP contribution in [-0.2, 0) is 0 Å². The smallest absolute Gasteiger partial charge is 0.252 e. The molecule has 0 bridgehead atoms. The number of fused-ring (bicyclic) bond motifs is 1. The van der Waals surface area contributed by atoms with Gasteiger partial charge >= 0.3 is 0 Å². The van der Waals surface area contributed by atoms with Crippen LogP contribution in [-0.4, -0.2) is 35.5 Å². The first-order valence-electron chi connectivity index (χ1n) is 9.57. The third-order valence-corrected chi connectivity index (χ3v) is 5.22. The van der Waals surface area contributed by atoms with Gasteiger partial charge in [-0.3, -0.25) is 9.78 Å². The van der Waals surface area contributed by atoms with Crippen molar-refractivity contribution < 1.29 is 9.18 Å². The number of hydrogen-bond acceptors (Lipinski definition) is 5. The number of aromatic nitrogens is 2. The Balaban J connectivity index is 1.38. The Labute approximate surface area is 168 Å². The number of pyridine rings is 2. The van der Waals surface area contributed by atoms with E-state index in [2.05, 4.69) is 20.2 Å². The lowest BCUT2D eigenvalue weighted by Crippen LogP contribution is -2.41. The van der Waals surface area contributed by atoms with Crippen molar-refractivity contribution >= 4 is 22.5 Å². The lowest BCUT2D eigenvalue weighted by Gasteiger charge is -2.34. The minimum Gasteiger partial charge on any atom is -0.370 e. The van der Waals surface area contributed by atoms with Crippen LogP contribution in [0.3, 0.4) is 0 Å². The third kappa shape index (κ3) is 4.16. The summed E-state index contributed by atoms with van der Waals surface area (Å²) in [6.07, 6.45) is 5.19. The third-order valence-electron chi connectivity index (χ3n) is 5.22. The van der Waals surface area contributed by atoms with Crippen molar-refractivity contribution in [3.8, 4) is 6.07 Å². The highest BCUT2D eigenvalue weighted by molar-refractivity contribution is 5.97. The predicted octanol–water partition coefficient (Wildman–Crippen LogP) is 3.29. The summed E-state index contributed by atoms with van der Waals surface area (Å²) < 4.78 is 13.7. The number of piperidine rings is 1. The van der Waals surface area contributed by atoms with Crippen LogP contribution in [0.1, 0.15) is 28.9 Å². The van der Waals surface area contributed by atoms with Gasteiger partial charge in [-0.2, -0.15) is 5.26 Å². The number of rotatable bonds is 4. The Hall–Kier alpha value is -3.53. The number of carbonyl (C=O) groups is 1. The number of anilines is 1. The molecule has 0 spiro atoms. The first kappa shape index (κ1) is 18.8. The minimum absolute atomic E-state index is 0.208. The quantitative estimate of drug-likeness (QED) is 0.740. The summed E-state index contributed by atoms with van der Waals surface area (Å²) in [5.41, 5.74) is 2.08. The van der Waals surface area contributed by atoms with Crippen molar-refractivity contribution in [3.05, 3.63) is 65.9 Å². The van der Waals surface area contributed by atoms with Crippen LogP contribution in [0.25, 0.3) is 10.9 Å². The average molecular weight is 389 g/mol. The molecule has 1 saturated heterocycles. The van der Waals surface area contributed by atoms with Crippen molar-refractivity contribution in [1.29, 1.82) is 5.26 Å². The number of nitrogens with zero attached hydrogens (tertiary/aromatic N) is 4. The molecule has 1 unspecified atom stereocenters. The van der Waals surface area contributed by atoms with Gasteiger partial charge in [0.25, 0.3) is 5.91 Å². The zero-order valence-corrected chi connectivity index (χ0v) is 15.8. The van der Waals surface area contributed by atoms with E-state index < -0.39 is 5.82 Å². The van der Waals surface area contributed by atoms with E-state index in [0.717, 1.165) is 31.6 Å². The highest BCUT2D eigenvalue weighted by atomic mass is 19.1. The molecule has 6 nitrogen and oxygen atoms in total. The molecule has 1 amide bonds. The minimum atomic E-state index is -0.394. The standard InChI is InChI=1S/C22H20FN5O/c23-20-5-1-4-16-9-17(12-26-21(16)20)22(29)27-11-15-3-2-8-28(14-15)19-7-6-18(10-24)25-13-19/h1,4-7,9,12-13,15H,2-3,8,11,14H2,(H,27,29). The van der Waals surface area contributed by atoms with E-state index in [-0.39, 0.29) is 11.4 Å². The van der Waals surface area contributed by atoms with E-state index in [1.54, 1.807) is 30.5 Å². The average Bonchev–Trinajstić information content (AvgIpc) is 2.77. The lowest BCUT2D eigenvalue weighted by atomic mass is 9.97. The number of nitriles is 1. The molecule has 1 aliphatic rings. The number of para-hydroxylation sites is 1. The van der Waals surface area contributed by atoms with Gasteiger partial charge in [0.05, 0.1) is 17.4 Å². The summed E-state index contributed by atoms with van der Waals surface area (Å²) in [6, 6.07) is 12.0. The van der Waals surface area contributed by atoms with E-state index in [0.29, 0.717) is 29.1 Å².